The van der Waals surface area contributed by atoms with Gasteiger partial charge in [0.25, 0.3) is 5.91 Å². The highest BCUT2D eigenvalue weighted by Gasteiger charge is 2.31. The Labute approximate surface area is 260 Å². The lowest BCUT2D eigenvalue weighted by Crippen LogP contribution is -2.56. The van der Waals surface area contributed by atoms with Gasteiger partial charge in [0.05, 0.1) is 12.7 Å². The van der Waals surface area contributed by atoms with E-state index in [1.54, 1.807) is 12.1 Å². The van der Waals surface area contributed by atoms with Crippen molar-refractivity contribution in [2.24, 2.45) is 17.8 Å². The summed E-state index contributed by atoms with van der Waals surface area (Å²) in [4.78, 5) is 52.8. The highest BCUT2D eigenvalue weighted by Crippen LogP contribution is 2.24. The van der Waals surface area contributed by atoms with Crippen LogP contribution < -0.4 is 20.7 Å². The number of halogens is 1. The monoisotopic (exact) mass is 615 g/mol. The number of hydrogen-bond donors (Lipinski definition) is 3. The minimum atomic E-state index is -0.942. The second kappa shape index (κ2) is 17.5. The Kier molecular flexibility index (Phi) is 14.5. The van der Waals surface area contributed by atoms with Gasteiger partial charge in [0.2, 0.25) is 11.8 Å². The third-order valence-corrected chi connectivity index (χ3v) is 6.84. The van der Waals surface area contributed by atoms with Crippen molar-refractivity contribution in [1.82, 2.24) is 16.0 Å². The number of amides is 3. The van der Waals surface area contributed by atoms with E-state index in [9.17, 15) is 19.2 Å². The first-order chi connectivity index (χ1) is 20.3. The van der Waals surface area contributed by atoms with E-state index in [1.807, 2.05) is 71.9 Å². The number of benzene rings is 2. The van der Waals surface area contributed by atoms with E-state index in [-0.39, 0.29) is 29.9 Å². The number of nitrogens with one attached hydrogen (secondary N) is 3. The van der Waals surface area contributed by atoms with Crippen LogP contribution in [0.15, 0.2) is 48.5 Å². The number of esters is 1. The molecule has 0 radical (unpaired) electrons. The molecule has 2 aromatic rings. The molecule has 10 heteroatoms. The zero-order valence-corrected chi connectivity index (χ0v) is 27.0. The van der Waals surface area contributed by atoms with Crippen LogP contribution >= 0.6 is 11.6 Å². The van der Waals surface area contributed by atoms with Gasteiger partial charge in [0.1, 0.15) is 30.5 Å². The van der Waals surface area contributed by atoms with E-state index in [4.69, 9.17) is 21.1 Å². The second-order valence-electron chi connectivity index (χ2n) is 12.0. The zero-order valence-electron chi connectivity index (χ0n) is 26.2. The molecule has 0 unspecified atom stereocenters. The maximum Gasteiger partial charge on any atom is 0.328 e. The minimum Gasteiger partial charge on any atom is -0.488 e. The van der Waals surface area contributed by atoms with Gasteiger partial charge in [0.15, 0.2) is 0 Å². The van der Waals surface area contributed by atoms with Crippen LogP contribution in [-0.2, 0) is 25.7 Å². The summed E-state index contributed by atoms with van der Waals surface area (Å²) in [6.45, 7) is 11.9. The van der Waals surface area contributed by atoms with Gasteiger partial charge in [-0.25, -0.2) is 4.79 Å². The Morgan fingerprint density at radius 2 is 1.23 bits per heavy atom. The topological polar surface area (TPSA) is 123 Å². The van der Waals surface area contributed by atoms with E-state index in [0.717, 1.165) is 5.56 Å². The van der Waals surface area contributed by atoms with Gasteiger partial charge >= 0.3 is 5.97 Å². The Balaban J connectivity index is 2.25. The highest BCUT2D eigenvalue weighted by atomic mass is 35.5. The van der Waals surface area contributed by atoms with E-state index >= 15 is 0 Å². The van der Waals surface area contributed by atoms with Gasteiger partial charge in [-0.3, -0.25) is 14.4 Å². The van der Waals surface area contributed by atoms with Gasteiger partial charge in [0, 0.05) is 5.02 Å². The Morgan fingerprint density at radius 1 is 0.721 bits per heavy atom. The van der Waals surface area contributed by atoms with Gasteiger partial charge < -0.3 is 25.4 Å². The molecule has 2 rings (SSSR count). The molecule has 0 aliphatic heterocycles. The molecule has 0 saturated carbocycles. The van der Waals surface area contributed by atoms with Crippen LogP contribution in [0.1, 0.15) is 76.7 Å². The van der Waals surface area contributed by atoms with Crippen molar-refractivity contribution < 1.29 is 28.7 Å². The number of hydrogen-bond acceptors (Lipinski definition) is 6. The summed E-state index contributed by atoms with van der Waals surface area (Å²) in [5.74, 6) is -1.50. The molecule has 0 bridgehead atoms. The average Bonchev–Trinajstić information content (AvgIpc) is 2.94. The number of rotatable bonds is 16. The fourth-order valence-corrected chi connectivity index (χ4v) is 4.73. The molecule has 0 aliphatic carbocycles. The van der Waals surface area contributed by atoms with Crippen LogP contribution in [0.5, 0.6) is 5.75 Å². The maximum atomic E-state index is 13.6. The second-order valence-corrected chi connectivity index (χ2v) is 12.4. The lowest BCUT2D eigenvalue weighted by Gasteiger charge is -2.27. The highest BCUT2D eigenvalue weighted by molar-refractivity contribution is 6.31. The van der Waals surface area contributed by atoms with Gasteiger partial charge in [-0.1, -0.05) is 83.5 Å². The van der Waals surface area contributed by atoms with Crippen LogP contribution in [0.4, 0.5) is 0 Å². The first kappa shape index (κ1) is 35.6. The predicted octanol–water partition coefficient (Wildman–Crippen LogP) is 5.30. The number of carbonyl (C=O) groups excluding carboxylic acids is 4. The van der Waals surface area contributed by atoms with Crippen molar-refractivity contribution in [3.63, 3.8) is 0 Å². The smallest absolute Gasteiger partial charge is 0.328 e. The summed E-state index contributed by atoms with van der Waals surface area (Å²) in [6.07, 6.45) is 1.05. The number of carbonyl (C=O) groups is 4. The average molecular weight is 616 g/mol. The molecule has 0 aliphatic rings. The molecule has 3 N–H and O–H groups in total. The van der Waals surface area contributed by atoms with Crippen molar-refractivity contribution in [3.8, 4) is 5.75 Å². The fraction of sp³-hybridized carbons (Fsp3) is 0.515. The number of ether oxygens (including phenoxy) is 2. The SMILES string of the molecule is COC(=O)[C@@H](CC(C)C)NC(=O)[C@H](CC(C)C)NC(=O)[C@H](CC(C)C)NC(=O)c1cc(Cl)ccc1OCc1ccccc1. The molecule has 2 aromatic carbocycles. The quantitative estimate of drug-likeness (QED) is 0.220. The van der Waals surface area contributed by atoms with Crippen molar-refractivity contribution in [3.05, 3.63) is 64.7 Å². The molecule has 43 heavy (non-hydrogen) atoms. The Hall–Kier alpha value is -3.59. The largest absolute Gasteiger partial charge is 0.488 e. The molecule has 3 amide bonds. The van der Waals surface area contributed by atoms with E-state index in [2.05, 4.69) is 16.0 Å². The number of methoxy groups -OCH3 is 1. The normalized spacial score (nSPS) is 13.3. The standard InChI is InChI=1S/C33H46ClN3O6/c1-20(2)15-26(31(39)36-27(16-21(3)4)32(40)37-28(17-22(5)6)33(41)42-7)35-30(38)25-18-24(34)13-14-29(25)43-19-23-11-9-8-10-12-23/h8-14,18,20-22,26-28H,15-17,19H2,1-7H3,(H,35,38)(H,36,39)(H,37,40)/t26-,27-,28+/m0/s1. The van der Waals surface area contributed by atoms with Crippen LogP contribution in [0.2, 0.25) is 5.02 Å². The fourth-order valence-electron chi connectivity index (χ4n) is 4.56. The molecule has 3 atom stereocenters. The summed E-state index contributed by atoms with van der Waals surface area (Å²) >= 11 is 6.23. The van der Waals surface area contributed by atoms with Crippen molar-refractivity contribution in [2.75, 3.05) is 7.11 Å². The zero-order chi connectivity index (χ0) is 32.1. The predicted molar refractivity (Wildman–Crippen MR) is 168 cm³/mol. The molecule has 0 saturated heterocycles. The summed E-state index contributed by atoms with van der Waals surface area (Å²) in [6, 6.07) is 11.6. The molecular formula is C33H46ClN3O6. The third-order valence-electron chi connectivity index (χ3n) is 6.60. The van der Waals surface area contributed by atoms with Crippen molar-refractivity contribution >= 4 is 35.3 Å². The van der Waals surface area contributed by atoms with E-state index in [1.165, 1.54) is 13.2 Å². The molecule has 0 heterocycles. The van der Waals surface area contributed by atoms with Crippen LogP contribution in [0, 0.1) is 17.8 Å². The van der Waals surface area contributed by atoms with Gasteiger partial charge in [-0.15, -0.1) is 0 Å². The summed E-state index contributed by atoms with van der Waals surface area (Å²) in [5.41, 5.74) is 1.12. The Morgan fingerprint density at radius 3 is 1.77 bits per heavy atom. The van der Waals surface area contributed by atoms with Crippen molar-refractivity contribution in [1.29, 1.82) is 0 Å². The Bertz CT molecular complexity index is 1220. The molecule has 0 spiro atoms. The molecule has 236 valence electrons. The van der Waals surface area contributed by atoms with Crippen LogP contribution in [-0.4, -0.2) is 48.9 Å². The summed E-state index contributed by atoms with van der Waals surface area (Å²) in [7, 11) is 1.27. The third kappa shape index (κ3) is 12.3. The molecular weight excluding hydrogens is 570 g/mol. The first-order valence-electron chi connectivity index (χ1n) is 14.8. The van der Waals surface area contributed by atoms with E-state index < -0.39 is 41.8 Å². The molecule has 0 aromatic heterocycles. The summed E-state index contributed by atoms with van der Waals surface area (Å²) < 4.78 is 10.8. The van der Waals surface area contributed by atoms with Gasteiger partial charge in [-0.2, -0.15) is 0 Å². The summed E-state index contributed by atoms with van der Waals surface area (Å²) in [5, 5.41) is 8.75. The van der Waals surface area contributed by atoms with Gasteiger partial charge in [-0.05, 0) is 60.8 Å². The van der Waals surface area contributed by atoms with E-state index in [0.29, 0.717) is 30.0 Å². The molecule has 9 nitrogen and oxygen atoms in total. The van der Waals surface area contributed by atoms with Crippen LogP contribution in [0.25, 0.3) is 0 Å². The molecule has 0 fully saturated rings. The maximum absolute atomic E-state index is 13.6. The lowest BCUT2D eigenvalue weighted by atomic mass is 9.98. The van der Waals surface area contributed by atoms with Crippen molar-refractivity contribution in [2.45, 2.75) is 85.5 Å². The minimum absolute atomic E-state index is 0.0522. The lowest BCUT2D eigenvalue weighted by molar-refractivity contribution is -0.146. The van der Waals surface area contributed by atoms with Crippen LogP contribution in [0.3, 0.4) is 0 Å². The first-order valence-corrected chi connectivity index (χ1v) is 15.1.